The summed E-state index contributed by atoms with van der Waals surface area (Å²) in [6.07, 6.45) is 12.9. The van der Waals surface area contributed by atoms with Crippen LogP contribution in [0.2, 0.25) is 0 Å². The van der Waals surface area contributed by atoms with Gasteiger partial charge in [0.25, 0.3) is 0 Å². The van der Waals surface area contributed by atoms with Crippen molar-refractivity contribution in [3.05, 3.63) is 0 Å². The summed E-state index contributed by atoms with van der Waals surface area (Å²) in [5.41, 5.74) is 0. The van der Waals surface area contributed by atoms with E-state index in [9.17, 15) is 0 Å². The molecule has 0 spiro atoms. The Balaban J connectivity index is 0. The van der Waals surface area contributed by atoms with E-state index in [1.807, 2.05) is 0 Å². The van der Waals surface area contributed by atoms with Gasteiger partial charge in [0, 0.05) is 0 Å². The van der Waals surface area contributed by atoms with Crippen LogP contribution in [0.3, 0.4) is 0 Å². The van der Waals surface area contributed by atoms with Crippen molar-refractivity contribution in [3.63, 3.8) is 0 Å². The molecule has 1 nitrogen and oxygen atoms in total. The normalized spacial score (nSPS) is 11.2. The Hall–Kier alpha value is 0.690. The first-order valence-electron chi connectivity index (χ1n) is 6.86. The van der Waals surface area contributed by atoms with E-state index in [0.717, 1.165) is 4.48 Å². The highest BCUT2D eigenvalue weighted by Crippen LogP contribution is 2.10. The zero-order chi connectivity index (χ0) is 11.6. The Kier molecular flexibility index (Phi) is 14.5. The van der Waals surface area contributed by atoms with E-state index in [4.69, 9.17) is 0 Å². The fourth-order valence-corrected chi connectivity index (χ4v) is 1.90. The number of rotatable bonds is 10. The predicted molar refractivity (Wildman–Crippen MR) is 70.1 cm³/mol. The minimum atomic E-state index is 0. The molecule has 0 saturated heterocycles. The highest BCUT2D eigenvalue weighted by molar-refractivity contribution is 4.46. The SMILES string of the molecule is CCCCCCCCCCC[N+](C)(C)C.[I-]. The fourth-order valence-electron chi connectivity index (χ4n) is 1.90. The second-order valence-electron chi connectivity index (χ2n) is 5.84. The number of hydrogen-bond donors (Lipinski definition) is 0. The van der Waals surface area contributed by atoms with Crippen LogP contribution < -0.4 is 24.0 Å². The first-order valence-corrected chi connectivity index (χ1v) is 6.86. The van der Waals surface area contributed by atoms with Gasteiger partial charge in [-0.1, -0.05) is 51.9 Å². The van der Waals surface area contributed by atoms with Gasteiger partial charge in [0.15, 0.2) is 0 Å². The Bertz CT molecular complexity index is 129. The van der Waals surface area contributed by atoms with E-state index < -0.39 is 0 Å². The number of hydrogen-bond acceptors (Lipinski definition) is 0. The topological polar surface area (TPSA) is 0 Å². The average Bonchev–Trinajstić information content (AvgIpc) is 2.14. The van der Waals surface area contributed by atoms with Gasteiger partial charge in [-0.3, -0.25) is 0 Å². The molecule has 0 aromatic rings. The van der Waals surface area contributed by atoms with Gasteiger partial charge >= 0.3 is 0 Å². The van der Waals surface area contributed by atoms with E-state index in [-0.39, 0.29) is 24.0 Å². The van der Waals surface area contributed by atoms with Crippen LogP contribution >= 0.6 is 0 Å². The van der Waals surface area contributed by atoms with Crippen LogP contribution in [0.15, 0.2) is 0 Å². The van der Waals surface area contributed by atoms with E-state index in [0.29, 0.717) is 0 Å². The Morgan fingerprint density at radius 3 is 1.38 bits per heavy atom. The van der Waals surface area contributed by atoms with Crippen molar-refractivity contribution in [1.29, 1.82) is 0 Å². The highest BCUT2D eigenvalue weighted by Gasteiger charge is 2.04. The molecule has 0 rings (SSSR count). The van der Waals surface area contributed by atoms with Gasteiger partial charge in [0.1, 0.15) is 0 Å². The van der Waals surface area contributed by atoms with Crippen LogP contribution in [0, 0.1) is 0 Å². The number of halogens is 1. The lowest BCUT2D eigenvalue weighted by Crippen LogP contribution is -3.00. The lowest BCUT2D eigenvalue weighted by Gasteiger charge is -2.23. The van der Waals surface area contributed by atoms with Crippen LogP contribution in [-0.2, 0) is 0 Å². The fraction of sp³-hybridized carbons (Fsp3) is 1.00. The Morgan fingerprint density at radius 2 is 1.00 bits per heavy atom. The molecule has 0 aromatic carbocycles. The molecule has 0 unspecified atom stereocenters. The maximum absolute atomic E-state index is 2.28. The highest BCUT2D eigenvalue weighted by atomic mass is 127. The number of unbranched alkanes of at least 4 members (excludes halogenated alkanes) is 8. The molecule has 16 heavy (non-hydrogen) atoms. The molecule has 0 aromatic heterocycles. The van der Waals surface area contributed by atoms with Gasteiger partial charge in [0.2, 0.25) is 0 Å². The molecule has 0 bridgehead atoms. The summed E-state index contributed by atoms with van der Waals surface area (Å²) >= 11 is 0. The predicted octanol–water partition coefficient (Wildman–Crippen LogP) is 1.23. The van der Waals surface area contributed by atoms with Crippen molar-refractivity contribution in [2.75, 3.05) is 27.7 Å². The summed E-state index contributed by atoms with van der Waals surface area (Å²) in [7, 11) is 6.85. The summed E-state index contributed by atoms with van der Waals surface area (Å²) in [6.45, 7) is 3.61. The zero-order valence-corrected chi connectivity index (χ0v) is 14.1. The third-order valence-corrected chi connectivity index (χ3v) is 2.93. The molecule has 0 aliphatic carbocycles. The third kappa shape index (κ3) is 17.1. The maximum Gasteiger partial charge on any atom is 0.0780 e. The van der Waals surface area contributed by atoms with Crippen LogP contribution in [0.5, 0.6) is 0 Å². The second kappa shape index (κ2) is 12.2. The molecule has 0 aliphatic rings. The van der Waals surface area contributed by atoms with Gasteiger partial charge in [-0.2, -0.15) is 0 Å². The largest absolute Gasteiger partial charge is 1.00 e. The molecular formula is C14H32IN. The Labute approximate surface area is 121 Å². The first kappa shape index (κ1) is 19.0. The summed E-state index contributed by atoms with van der Waals surface area (Å²) in [6, 6.07) is 0. The van der Waals surface area contributed by atoms with Crippen LogP contribution in [0.4, 0.5) is 0 Å². The van der Waals surface area contributed by atoms with Gasteiger partial charge in [-0.15, -0.1) is 0 Å². The van der Waals surface area contributed by atoms with Gasteiger partial charge in [-0.25, -0.2) is 0 Å². The average molecular weight is 341 g/mol. The molecule has 0 atom stereocenters. The molecule has 0 saturated carbocycles. The lowest BCUT2D eigenvalue weighted by molar-refractivity contribution is -0.870. The van der Waals surface area contributed by atoms with Gasteiger partial charge in [0.05, 0.1) is 27.7 Å². The summed E-state index contributed by atoms with van der Waals surface area (Å²) in [5, 5.41) is 0. The van der Waals surface area contributed by atoms with Crippen molar-refractivity contribution >= 4 is 0 Å². The third-order valence-electron chi connectivity index (χ3n) is 2.93. The molecular weight excluding hydrogens is 309 g/mol. The minimum absolute atomic E-state index is 0. The second-order valence-corrected chi connectivity index (χ2v) is 5.84. The van der Waals surface area contributed by atoms with Crippen molar-refractivity contribution in [2.24, 2.45) is 0 Å². The smallest absolute Gasteiger partial charge is 0.0780 e. The molecule has 0 fully saturated rings. The summed E-state index contributed by atoms with van der Waals surface area (Å²) < 4.78 is 1.12. The quantitative estimate of drug-likeness (QED) is 0.319. The number of nitrogens with zero attached hydrogens (tertiary/aromatic N) is 1. The van der Waals surface area contributed by atoms with Crippen LogP contribution in [0.1, 0.15) is 64.7 Å². The van der Waals surface area contributed by atoms with Crippen molar-refractivity contribution in [1.82, 2.24) is 0 Å². The summed E-state index contributed by atoms with van der Waals surface area (Å²) in [5.74, 6) is 0. The molecule has 100 valence electrons. The van der Waals surface area contributed by atoms with E-state index in [1.54, 1.807) is 0 Å². The van der Waals surface area contributed by atoms with Crippen molar-refractivity contribution in [3.8, 4) is 0 Å². The summed E-state index contributed by atoms with van der Waals surface area (Å²) in [4.78, 5) is 0. The standard InChI is InChI=1S/C14H32N.HI/c1-5-6-7-8-9-10-11-12-13-14-15(2,3)4;/h5-14H2,1-4H3;1H/q+1;/p-1. The number of quaternary nitrogens is 1. The monoisotopic (exact) mass is 341 g/mol. The van der Waals surface area contributed by atoms with Gasteiger partial charge in [-0.05, 0) is 12.8 Å². The van der Waals surface area contributed by atoms with Crippen LogP contribution in [-0.4, -0.2) is 32.2 Å². The van der Waals surface area contributed by atoms with Crippen molar-refractivity contribution < 1.29 is 28.5 Å². The molecule has 0 N–H and O–H groups in total. The van der Waals surface area contributed by atoms with E-state index in [2.05, 4.69) is 28.1 Å². The van der Waals surface area contributed by atoms with Crippen LogP contribution in [0.25, 0.3) is 0 Å². The molecule has 0 amide bonds. The zero-order valence-electron chi connectivity index (χ0n) is 11.9. The molecule has 2 heteroatoms. The maximum atomic E-state index is 2.28. The van der Waals surface area contributed by atoms with E-state index >= 15 is 0 Å². The lowest BCUT2D eigenvalue weighted by atomic mass is 10.1. The minimum Gasteiger partial charge on any atom is -1.00 e. The van der Waals surface area contributed by atoms with Gasteiger partial charge < -0.3 is 28.5 Å². The first-order chi connectivity index (χ1) is 7.06. The molecule has 0 radical (unpaired) electrons. The molecule has 0 heterocycles. The van der Waals surface area contributed by atoms with E-state index in [1.165, 1.54) is 64.3 Å². The Morgan fingerprint density at radius 1 is 0.625 bits per heavy atom. The van der Waals surface area contributed by atoms with Crippen molar-refractivity contribution in [2.45, 2.75) is 64.7 Å². The molecule has 0 aliphatic heterocycles.